The van der Waals surface area contributed by atoms with E-state index in [1.165, 1.54) is 6.54 Å². The largest absolute Gasteiger partial charge is 0.314 e. The molecule has 0 aromatic carbocycles. The van der Waals surface area contributed by atoms with E-state index in [9.17, 15) is 0 Å². The molecule has 0 aromatic heterocycles. The maximum absolute atomic E-state index is 3.44. The summed E-state index contributed by atoms with van der Waals surface area (Å²) < 4.78 is 0. The second-order valence-electron chi connectivity index (χ2n) is 3.96. The molecule has 1 heterocycles. The Labute approximate surface area is 62.4 Å². The zero-order chi connectivity index (χ0) is 7.41. The third kappa shape index (κ3) is 0.424. The lowest BCUT2D eigenvalue weighted by molar-refractivity contribution is 0.490. The highest BCUT2D eigenvalue weighted by atomic mass is 15.2. The van der Waals surface area contributed by atoms with Crippen molar-refractivity contribution < 1.29 is 0 Å². The normalized spacial score (nSPS) is 58.5. The van der Waals surface area contributed by atoms with Crippen LogP contribution in [0.1, 0.15) is 13.8 Å². The molecular formula is C8H16N2. The first-order valence-electron chi connectivity index (χ1n) is 4.07. The molecule has 1 saturated heterocycles. The lowest BCUT2D eigenvalue weighted by atomic mass is 10.1. The Balaban J connectivity index is 2.25. The van der Waals surface area contributed by atoms with Gasteiger partial charge in [-0.2, -0.15) is 0 Å². The van der Waals surface area contributed by atoms with Gasteiger partial charge in [0.25, 0.3) is 0 Å². The van der Waals surface area contributed by atoms with Gasteiger partial charge in [0.1, 0.15) is 0 Å². The highest BCUT2D eigenvalue weighted by molar-refractivity contribution is 5.29. The third-order valence-corrected chi connectivity index (χ3v) is 3.97. The van der Waals surface area contributed by atoms with Crippen LogP contribution in [0.4, 0.5) is 0 Å². The quantitative estimate of drug-likeness (QED) is 0.544. The Morgan fingerprint density at radius 2 is 2.20 bits per heavy atom. The minimum absolute atomic E-state index is 0.437. The van der Waals surface area contributed by atoms with Crippen molar-refractivity contribution in [2.24, 2.45) is 11.3 Å². The summed E-state index contributed by atoms with van der Waals surface area (Å²) in [5.74, 6) is 0.853. The van der Waals surface area contributed by atoms with Crippen LogP contribution in [0.5, 0.6) is 0 Å². The number of fused-ring (bicyclic) bond motifs is 1. The lowest BCUT2D eigenvalue weighted by Gasteiger charge is -2.11. The zero-order valence-electron chi connectivity index (χ0n) is 6.99. The van der Waals surface area contributed by atoms with Crippen LogP contribution < -0.4 is 10.6 Å². The van der Waals surface area contributed by atoms with Gasteiger partial charge in [0.2, 0.25) is 0 Å². The summed E-state index contributed by atoms with van der Waals surface area (Å²) >= 11 is 0. The summed E-state index contributed by atoms with van der Waals surface area (Å²) in [5.41, 5.74) is 0.981. The van der Waals surface area contributed by atoms with Crippen LogP contribution in [0, 0.1) is 11.3 Å². The second-order valence-corrected chi connectivity index (χ2v) is 3.96. The zero-order valence-corrected chi connectivity index (χ0v) is 6.99. The van der Waals surface area contributed by atoms with Gasteiger partial charge in [-0.3, -0.25) is 0 Å². The van der Waals surface area contributed by atoms with E-state index in [2.05, 4.69) is 31.5 Å². The SMILES string of the molecule is CNC12CNCC1(C)C2C. The van der Waals surface area contributed by atoms with Crippen molar-refractivity contribution in [1.29, 1.82) is 0 Å². The van der Waals surface area contributed by atoms with Gasteiger partial charge in [-0.1, -0.05) is 13.8 Å². The monoisotopic (exact) mass is 140 g/mol. The van der Waals surface area contributed by atoms with Gasteiger partial charge in [0.05, 0.1) is 0 Å². The maximum Gasteiger partial charge on any atom is 0.0405 e. The summed E-state index contributed by atoms with van der Waals surface area (Å²) in [6.07, 6.45) is 0. The van der Waals surface area contributed by atoms with E-state index in [1.54, 1.807) is 0 Å². The minimum atomic E-state index is 0.437. The molecule has 0 bridgehead atoms. The van der Waals surface area contributed by atoms with Gasteiger partial charge in [-0.15, -0.1) is 0 Å². The maximum atomic E-state index is 3.44. The highest BCUT2D eigenvalue weighted by Gasteiger charge is 2.72. The van der Waals surface area contributed by atoms with Crippen LogP contribution >= 0.6 is 0 Å². The van der Waals surface area contributed by atoms with Gasteiger partial charge < -0.3 is 10.6 Å². The smallest absolute Gasteiger partial charge is 0.0405 e. The molecule has 2 N–H and O–H groups in total. The van der Waals surface area contributed by atoms with Crippen molar-refractivity contribution >= 4 is 0 Å². The average Bonchev–Trinajstić information content (AvgIpc) is 2.26. The van der Waals surface area contributed by atoms with Gasteiger partial charge in [0.15, 0.2) is 0 Å². The molecule has 1 aliphatic carbocycles. The second kappa shape index (κ2) is 1.56. The highest BCUT2D eigenvalue weighted by Crippen LogP contribution is 2.63. The van der Waals surface area contributed by atoms with E-state index in [1.807, 2.05) is 0 Å². The molecule has 2 fully saturated rings. The van der Waals surface area contributed by atoms with Gasteiger partial charge in [-0.25, -0.2) is 0 Å². The van der Waals surface area contributed by atoms with Crippen LogP contribution in [0.3, 0.4) is 0 Å². The Morgan fingerprint density at radius 3 is 2.50 bits per heavy atom. The number of nitrogens with one attached hydrogen (secondary N) is 2. The van der Waals surface area contributed by atoms with Crippen molar-refractivity contribution in [2.45, 2.75) is 19.4 Å². The molecule has 1 saturated carbocycles. The van der Waals surface area contributed by atoms with Crippen molar-refractivity contribution in [3.63, 3.8) is 0 Å². The Kier molecular flexibility index (Phi) is 1.03. The molecule has 2 nitrogen and oxygen atoms in total. The van der Waals surface area contributed by atoms with E-state index in [0.717, 1.165) is 12.5 Å². The van der Waals surface area contributed by atoms with Gasteiger partial charge >= 0.3 is 0 Å². The molecule has 0 aromatic rings. The van der Waals surface area contributed by atoms with E-state index >= 15 is 0 Å². The molecule has 0 amide bonds. The van der Waals surface area contributed by atoms with Crippen molar-refractivity contribution in [3.05, 3.63) is 0 Å². The Hall–Kier alpha value is -0.0800. The fourth-order valence-corrected chi connectivity index (χ4v) is 2.79. The first kappa shape index (κ1) is 6.62. The molecule has 2 rings (SSSR count). The fraction of sp³-hybridized carbons (Fsp3) is 1.00. The van der Waals surface area contributed by atoms with E-state index < -0.39 is 0 Å². The molecule has 3 atom stereocenters. The van der Waals surface area contributed by atoms with Gasteiger partial charge in [0, 0.05) is 24.0 Å². The first-order valence-corrected chi connectivity index (χ1v) is 4.07. The average molecular weight is 140 g/mol. The van der Waals surface area contributed by atoms with E-state index in [0.29, 0.717) is 11.0 Å². The summed E-state index contributed by atoms with van der Waals surface area (Å²) in [6.45, 7) is 7.06. The fourth-order valence-electron chi connectivity index (χ4n) is 2.79. The number of likely N-dealkylation sites (N-methyl/N-ethyl adjacent to an activating group) is 1. The molecule has 1 aliphatic heterocycles. The van der Waals surface area contributed by atoms with Crippen molar-refractivity contribution in [3.8, 4) is 0 Å². The van der Waals surface area contributed by atoms with Crippen LogP contribution in [-0.4, -0.2) is 25.7 Å². The first-order chi connectivity index (χ1) is 4.67. The molecule has 2 heteroatoms. The minimum Gasteiger partial charge on any atom is -0.314 e. The standard InChI is InChI=1S/C8H16N2/c1-6-7(2)4-10-5-8(6,7)9-3/h6,9-10H,4-5H2,1-3H3. The molecule has 3 unspecified atom stereocenters. The lowest BCUT2D eigenvalue weighted by Crippen LogP contribution is -2.36. The molecule has 10 heavy (non-hydrogen) atoms. The van der Waals surface area contributed by atoms with Crippen LogP contribution in [-0.2, 0) is 0 Å². The van der Waals surface area contributed by atoms with Gasteiger partial charge in [-0.05, 0) is 13.0 Å². The molecule has 58 valence electrons. The van der Waals surface area contributed by atoms with Crippen LogP contribution in [0.15, 0.2) is 0 Å². The number of piperidine rings is 1. The topological polar surface area (TPSA) is 24.1 Å². The molecule has 0 spiro atoms. The third-order valence-electron chi connectivity index (χ3n) is 3.97. The molecular weight excluding hydrogens is 124 g/mol. The number of rotatable bonds is 1. The Bertz CT molecular complexity index is 169. The van der Waals surface area contributed by atoms with E-state index in [-0.39, 0.29) is 0 Å². The van der Waals surface area contributed by atoms with Crippen LogP contribution in [0.2, 0.25) is 0 Å². The van der Waals surface area contributed by atoms with Crippen LogP contribution in [0.25, 0.3) is 0 Å². The summed E-state index contributed by atoms with van der Waals surface area (Å²) in [6, 6.07) is 0. The molecule has 2 aliphatic rings. The summed E-state index contributed by atoms with van der Waals surface area (Å²) in [4.78, 5) is 0. The Morgan fingerprint density at radius 1 is 1.50 bits per heavy atom. The predicted octanol–water partition coefficient (Wildman–Crippen LogP) is 0.204. The number of hydrogen-bond acceptors (Lipinski definition) is 2. The van der Waals surface area contributed by atoms with Crippen molar-refractivity contribution in [2.75, 3.05) is 20.1 Å². The van der Waals surface area contributed by atoms with E-state index in [4.69, 9.17) is 0 Å². The summed E-state index contributed by atoms with van der Waals surface area (Å²) in [5, 5.41) is 6.86. The predicted molar refractivity (Wildman–Crippen MR) is 41.9 cm³/mol. The summed E-state index contributed by atoms with van der Waals surface area (Å²) in [7, 11) is 2.08. The number of hydrogen-bond donors (Lipinski definition) is 2. The molecule has 0 radical (unpaired) electrons. The van der Waals surface area contributed by atoms with Crippen molar-refractivity contribution in [1.82, 2.24) is 10.6 Å².